The predicted molar refractivity (Wildman–Crippen MR) is 87.4 cm³/mol. The van der Waals surface area contributed by atoms with Gasteiger partial charge in [-0.15, -0.1) is 0 Å². The summed E-state index contributed by atoms with van der Waals surface area (Å²) in [6.07, 6.45) is 2.99. The maximum Gasteiger partial charge on any atom is 0.224 e. The van der Waals surface area contributed by atoms with Crippen molar-refractivity contribution in [3.05, 3.63) is 82.9 Å². The predicted octanol–water partition coefficient (Wildman–Crippen LogP) is 4.16. The fraction of sp³-hybridized carbons (Fsp3) is 0.167. The zero-order chi connectivity index (χ0) is 16.9. The second-order valence-corrected chi connectivity index (χ2v) is 5.67. The molecular formula is C18H15ClFNO3. The van der Waals surface area contributed by atoms with E-state index in [1.54, 1.807) is 30.7 Å². The third kappa shape index (κ3) is 3.68. The summed E-state index contributed by atoms with van der Waals surface area (Å²) in [5.74, 6) is 0.273. The summed E-state index contributed by atoms with van der Waals surface area (Å²) >= 11 is 5.95. The third-order valence-corrected chi connectivity index (χ3v) is 4.03. The van der Waals surface area contributed by atoms with Crippen molar-refractivity contribution in [1.29, 1.82) is 0 Å². The summed E-state index contributed by atoms with van der Waals surface area (Å²) in [6, 6.07) is 11.5. The van der Waals surface area contributed by atoms with E-state index in [9.17, 15) is 9.18 Å². The minimum atomic E-state index is -0.494. The lowest BCUT2D eigenvalue weighted by atomic mass is 10.0. The fourth-order valence-electron chi connectivity index (χ4n) is 2.46. The van der Waals surface area contributed by atoms with Crippen LogP contribution in [0.15, 0.2) is 63.8 Å². The van der Waals surface area contributed by atoms with E-state index in [1.165, 1.54) is 12.1 Å². The second-order valence-electron chi connectivity index (χ2n) is 5.26. The molecule has 124 valence electrons. The Kier molecular flexibility index (Phi) is 5.01. The van der Waals surface area contributed by atoms with Gasteiger partial charge in [-0.25, -0.2) is 4.39 Å². The molecule has 0 aliphatic carbocycles. The number of nitrogens with one attached hydrogen (secondary N) is 1. The van der Waals surface area contributed by atoms with Gasteiger partial charge in [0.05, 0.1) is 24.9 Å². The van der Waals surface area contributed by atoms with E-state index in [0.717, 1.165) is 0 Å². The number of hydrogen-bond donors (Lipinski definition) is 1. The smallest absolute Gasteiger partial charge is 0.224 e. The van der Waals surface area contributed by atoms with Gasteiger partial charge in [-0.3, -0.25) is 4.79 Å². The van der Waals surface area contributed by atoms with Crippen molar-refractivity contribution in [2.75, 3.05) is 6.54 Å². The molecule has 1 amide bonds. The number of hydrogen-bond acceptors (Lipinski definition) is 3. The first-order chi connectivity index (χ1) is 11.6. The number of halogens is 2. The van der Waals surface area contributed by atoms with Gasteiger partial charge in [-0.2, -0.15) is 0 Å². The molecule has 0 unspecified atom stereocenters. The van der Waals surface area contributed by atoms with Crippen LogP contribution in [0.2, 0.25) is 5.02 Å². The van der Waals surface area contributed by atoms with E-state index in [-0.39, 0.29) is 35.4 Å². The van der Waals surface area contributed by atoms with Crippen LogP contribution < -0.4 is 5.32 Å². The molecule has 24 heavy (non-hydrogen) atoms. The van der Waals surface area contributed by atoms with Gasteiger partial charge in [-0.05, 0) is 36.4 Å². The van der Waals surface area contributed by atoms with Crippen molar-refractivity contribution in [3.8, 4) is 0 Å². The summed E-state index contributed by atoms with van der Waals surface area (Å²) in [7, 11) is 0. The Bertz CT molecular complexity index is 745. The molecule has 0 saturated heterocycles. The Hall–Kier alpha value is -2.53. The van der Waals surface area contributed by atoms with Gasteiger partial charge < -0.3 is 14.2 Å². The molecule has 0 bridgehead atoms. The van der Waals surface area contributed by atoms with Gasteiger partial charge in [0.1, 0.15) is 17.3 Å². The van der Waals surface area contributed by atoms with Crippen molar-refractivity contribution in [1.82, 2.24) is 5.32 Å². The number of benzene rings is 1. The van der Waals surface area contributed by atoms with Gasteiger partial charge in [-0.1, -0.05) is 17.7 Å². The van der Waals surface area contributed by atoms with Crippen LogP contribution in [0.25, 0.3) is 0 Å². The molecule has 0 fully saturated rings. The molecule has 0 atom stereocenters. The van der Waals surface area contributed by atoms with Crippen LogP contribution in [0.1, 0.15) is 23.0 Å². The minimum Gasteiger partial charge on any atom is -0.469 e. The lowest BCUT2D eigenvalue weighted by Gasteiger charge is -2.14. The van der Waals surface area contributed by atoms with Crippen LogP contribution in [0, 0.1) is 5.82 Å². The topological polar surface area (TPSA) is 55.4 Å². The molecule has 0 aliphatic rings. The van der Waals surface area contributed by atoms with Gasteiger partial charge in [0.25, 0.3) is 0 Å². The quantitative estimate of drug-likeness (QED) is 0.728. The number of rotatable bonds is 6. The fourth-order valence-corrected chi connectivity index (χ4v) is 2.69. The zero-order valence-electron chi connectivity index (χ0n) is 12.7. The second kappa shape index (κ2) is 7.36. The molecule has 3 aromatic rings. The number of furan rings is 2. The Morgan fingerprint density at radius 3 is 2.29 bits per heavy atom. The van der Waals surface area contributed by atoms with E-state index in [0.29, 0.717) is 11.5 Å². The number of amides is 1. The van der Waals surface area contributed by atoms with Crippen LogP contribution in [-0.4, -0.2) is 12.5 Å². The third-order valence-electron chi connectivity index (χ3n) is 3.68. The van der Waals surface area contributed by atoms with Gasteiger partial charge in [0, 0.05) is 17.1 Å². The average Bonchev–Trinajstić information content (AvgIpc) is 3.25. The number of carbonyl (C=O) groups is 1. The van der Waals surface area contributed by atoms with E-state index in [4.69, 9.17) is 20.4 Å². The highest BCUT2D eigenvalue weighted by molar-refractivity contribution is 6.31. The Labute approximate surface area is 143 Å². The standard InChI is InChI=1S/C18H15ClFNO3/c19-14-4-1-5-15(20)12(14)10-18(22)21-11-13(16-6-2-8-23-16)17-7-3-9-24-17/h1-9,13H,10-11H2,(H,21,22). The Morgan fingerprint density at radius 1 is 1.08 bits per heavy atom. The van der Waals surface area contributed by atoms with E-state index >= 15 is 0 Å². The molecule has 1 aromatic carbocycles. The molecule has 3 rings (SSSR count). The maximum atomic E-state index is 13.8. The summed E-state index contributed by atoms with van der Waals surface area (Å²) in [6.45, 7) is 0.270. The molecule has 2 heterocycles. The largest absolute Gasteiger partial charge is 0.469 e. The molecule has 0 saturated carbocycles. The number of carbonyl (C=O) groups excluding carboxylic acids is 1. The van der Waals surface area contributed by atoms with E-state index in [2.05, 4.69) is 5.32 Å². The van der Waals surface area contributed by atoms with E-state index in [1.807, 2.05) is 12.1 Å². The molecule has 6 heteroatoms. The van der Waals surface area contributed by atoms with Crippen LogP contribution >= 0.6 is 11.6 Å². The van der Waals surface area contributed by atoms with Crippen LogP contribution in [-0.2, 0) is 11.2 Å². The average molecular weight is 348 g/mol. The van der Waals surface area contributed by atoms with E-state index < -0.39 is 5.82 Å². The lowest BCUT2D eigenvalue weighted by Crippen LogP contribution is -2.30. The first kappa shape index (κ1) is 16.3. The monoisotopic (exact) mass is 347 g/mol. The molecular weight excluding hydrogens is 333 g/mol. The Balaban J connectivity index is 1.68. The highest BCUT2D eigenvalue weighted by Crippen LogP contribution is 2.25. The van der Waals surface area contributed by atoms with Crippen LogP contribution in [0.3, 0.4) is 0 Å². The summed E-state index contributed by atoms with van der Waals surface area (Å²) in [5.41, 5.74) is 0.184. The normalized spacial score (nSPS) is 11.0. The van der Waals surface area contributed by atoms with Crippen molar-refractivity contribution >= 4 is 17.5 Å². The molecule has 4 nitrogen and oxygen atoms in total. The van der Waals surface area contributed by atoms with Gasteiger partial charge in [0.2, 0.25) is 5.91 Å². The van der Waals surface area contributed by atoms with Crippen molar-refractivity contribution < 1.29 is 18.0 Å². The minimum absolute atomic E-state index is 0.130. The molecule has 0 radical (unpaired) electrons. The molecule has 0 aliphatic heterocycles. The van der Waals surface area contributed by atoms with Crippen molar-refractivity contribution in [2.24, 2.45) is 0 Å². The zero-order valence-corrected chi connectivity index (χ0v) is 13.4. The molecule has 1 N–H and O–H groups in total. The highest BCUT2D eigenvalue weighted by Gasteiger charge is 2.21. The summed E-state index contributed by atoms with van der Waals surface area (Å²) < 4.78 is 24.6. The van der Waals surface area contributed by atoms with Gasteiger partial charge in [0.15, 0.2) is 0 Å². The Morgan fingerprint density at radius 2 is 1.75 bits per heavy atom. The van der Waals surface area contributed by atoms with Crippen LogP contribution in [0.4, 0.5) is 4.39 Å². The van der Waals surface area contributed by atoms with Crippen molar-refractivity contribution in [2.45, 2.75) is 12.3 Å². The van der Waals surface area contributed by atoms with Gasteiger partial charge >= 0.3 is 0 Å². The highest BCUT2D eigenvalue weighted by atomic mass is 35.5. The molecule has 2 aromatic heterocycles. The lowest BCUT2D eigenvalue weighted by molar-refractivity contribution is -0.120. The summed E-state index contributed by atoms with van der Waals surface area (Å²) in [5, 5.41) is 3.01. The first-order valence-corrected chi connectivity index (χ1v) is 7.79. The van der Waals surface area contributed by atoms with Crippen molar-refractivity contribution in [3.63, 3.8) is 0 Å². The SMILES string of the molecule is O=C(Cc1c(F)cccc1Cl)NCC(c1ccco1)c1ccco1. The first-order valence-electron chi connectivity index (χ1n) is 7.41. The maximum absolute atomic E-state index is 13.8. The summed E-state index contributed by atoms with van der Waals surface area (Å²) in [4.78, 5) is 12.2. The molecule has 0 spiro atoms. The van der Waals surface area contributed by atoms with Crippen LogP contribution in [0.5, 0.6) is 0 Å².